The van der Waals surface area contributed by atoms with E-state index in [9.17, 15) is 9.90 Å². The molecule has 148 valence electrons. The number of halogens is 1. The maximum absolute atomic E-state index is 12.6. The Hall–Kier alpha value is -3.32. The maximum atomic E-state index is 12.6. The fourth-order valence-electron chi connectivity index (χ4n) is 2.54. The number of methoxy groups -OCH3 is 1. The second kappa shape index (κ2) is 9.75. The van der Waals surface area contributed by atoms with Crippen LogP contribution in [0, 0.1) is 0 Å². The van der Waals surface area contributed by atoms with Gasteiger partial charge in [0.15, 0.2) is 11.5 Å². The molecular weight excluding hydrogens is 436 g/mol. The minimum absolute atomic E-state index is 0.0306. The molecule has 0 aliphatic heterocycles. The number of carbonyl (C=O) groups is 1. The molecule has 3 aromatic carbocycles. The minimum Gasteiger partial charge on any atom is -0.504 e. The van der Waals surface area contributed by atoms with E-state index in [4.69, 9.17) is 9.47 Å². The van der Waals surface area contributed by atoms with Crippen LogP contribution in [0.4, 0.5) is 0 Å². The number of benzene rings is 3. The Kier molecular flexibility index (Phi) is 6.86. The van der Waals surface area contributed by atoms with Gasteiger partial charge >= 0.3 is 0 Å². The fraction of sp³-hybridized carbons (Fsp3) is 0.0909. The molecule has 0 saturated carbocycles. The number of aromatic hydroxyl groups is 1. The molecule has 3 rings (SSSR count). The van der Waals surface area contributed by atoms with E-state index in [0.717, 1.165) is 10.0 Å². The summed E-state index contributed by atoms with van der Waals surface area (Å²) < 4.78 is 11.6. The molecule has 3 aromatic rings. The first kappa shape index (κ1) is 20.4. The summed E-state index contributed by atoms with van der Waals surface area (Å²) in [5, 5.41) is 13.6. The second-order valence-electron chi connectivity index (χ2n) is 6.05. The first-order chi connectivity index (χ1) is 14.1. The molecule has 0 aliphatic rings. The smallest absolute Gasteiger partial charge is 0.275 e. The Labute approximate surface area is 176 Å². The summed E-state index contributed by atoms with van der Waals surface area (Å²) >= 11 is 3.38. The molecule has 0 aromatic heterocycles. The molecule has 29 heavy (non-hydrogen) atoms. The highest BCUT2D eigenvalue weighted by molar-refractivity contribution is 9.10. The van der Waals surface area contributed by atoms with Gasteiger partial charge in [0.25, 0.3) is 5.91 Å². The van der Waals surface area contributed by atoms with Gasteiger partial charge in [-0.25, -0.2) is 5.43 Å². The monoisotopic (exact) mass is 454 g/mol. The number of rotatable bonds is 7. The quantitative estimate of drug-likeness (QED) is 0.406. The zero-order valence-electron chi connectivity index (χ0n) is 15.6. The maximum Gasteiger partial charge on any atom is 0.275 e. The van der Waals surface area contributed by atoms with Gasteiger partial charge in [-0.05, 0) is 47.5 Å². The normalized spacial score (nSPS) is 10.7. The van der Waals surface area contributed by atoms with Crippen molar-refractivity contribution in [2.75, 3.05) is 7.11 Å². The van der Waals surface area contributed by atoms with E-state index in [2.05, 4.69) is 26.5 Å². The van der Waals surface area contributed by atoms with Crippen LogP contribution in [0.2, 0.25) is 0 Å². The fourth-order valence-corrected chi connectivity index (χ4v) is 2.90. The lowest BCUT2D eigenvalue weighted by Crippen LogP contribution is -2.18. The van der Waals surface area contributed by atoms with Crippen molar-refractivity contribution in [3.8, 4) is 17.2 Å². The van der Waals surface area contributed by atoms with E-state index < -0.39 is 5.91 Å². The number of phenolic OH excluding ortho intramolecular Hbond substituents is 1. The Morgan fingerprint density at radius 1 is 1.10 bits per heavy atom. The lowest BCUT2D eigenvalue weighted by atomic mass is 10.2. The van der Waals surface area contributed by atoms with Crippen molar-refractivity contribution < 1.29 is 19.4 Å². The average molecular weight is 455 g/mol. The number of amides is 1. The van der Waals surface area contributed by atoms with Crippen molar-refractivity contribution in [1.29, 1.82) is 0 Å². The number of ether oxygens (including phenoxy) is 2. The highest BCUT2D eigenvalue weighted by atomic mass is 79.9. The van der Waals surface area contributed by atoms with Crippen LogP contribution in [0.5, 0.6) is 17.2 Å². The van der Waals surface area contributed by atoms with Crippen LogP contribution in [0.3, 0.4) is 0 Å². The summed E-state index contributed by atoms with van der Waals surface area (Å²) in [7, 11) is 1.46. The predicted octanol–water partition coefficient (Wildman–Crippen LogP) is 4.51. The number of nitrogens with one attached hydrogen (secondary N) is 1. The molecule has 0 aliphatic carbocycles. The first-order valence-electron chi connectivity index (χ1n) is 8.73. The second-order valence-corrected chi connectivity index (χ2v) is 6.96. The van der Waals surface area contributed by atoms with Crippen molar-refractivity contribution in [3.63, 3.8) is 0 Å². The molecule has 6 nitrogen and oxygen atoms in total. The van der Waals surface area contributed by atoms with Gasteiger partial charge in [0.05, 0.1) is 18.9 Å². The van der Waals surface area contributed by atoms with Crippen molar-refractivity contribution >= 4 is 28.1 Å². The molecule has 0 spiro atoms. The van der Waals surface area contributed by atoms with Gasteiger partial charge in [0.2, 0.25) is 0 Å². The van der Waals surface area contributed by atoms with Crippen molar-refractivity contribution in [2.45, 2.75) is 6.61 Å². The van der Waals surface area contributed by atoms with Gasteiger partial charge in [-0.2, -0.15) is 5.10 Å². The van der Waals surface area contributed by atoms with Crippen LogP contribution in [-0.4, -0.2) is 24.3 Å². The zero-order chi connectivity index (χ0) is 20.6. The number of nitrogens with zero attached hydrogens (tertiary/aromatic N) is 1. The van der Waals surface area contributed by atoms with Gasteiger partial charge < -0.3 is 14.6 Å². The molecule has 0 fully saturated rings. The van der Waals surface area contributed by atoms with E-state index in [1.165, 1.54) is 19.4 Å². The third kappa shape index (κ3) is 5.58. The molecule has 2 N–H and O–H groups in total. The van der Waals surface area contributed by atoms with Crippen LogP contribution >= 0.6 is 15.9 Å². The molecule has 0 saturated heterocycles. The number of phenols is 1. The highest BCUT2D eigenvalue weighted by Gasteiger charge is 2.13. The topological polar surface area (TPSA) is 80.2 Å². The van der Waals surface area contributed by atoms with E-state index in [0.29, 0.717) is 29.2 Å². The van der Waals surface area contributed by atoms with Crippen molar-refractivity contribution in [3.05, 3.63) is 87.9 Å². The lowest BCUT2D eigenvalue weighted by molar-refractivity contribution is 0.0950. The van der Waals surface area contributed by atoms with E-state index in [1.807, 2.05) is 36.4 Å². The van der Waals surface area contributed by atoms with Crippen molar-refractivity contribution in [2.24, 2.45) is 5.10 Å². The standard InChI is InChI=1S/C22H19BrN2O4/c1-28-21-11-16(7-9-19(21)26)13-24-25-22(27)18-12-17(23)8-10-20(18)29-14-15-5-3-2-4-6-15/h2-13,26H,14H2,1H3,(H,25,27)/b24-13-. The Morgan fingerprint density at radius 2 is 1.90 bits per heavy atom. The molecule has 0 bridgehead atoms. The van der Waals surface area contributed by atoms with Gasteiger partial charge in [-0.3, -0.25) is 4.79 Å². The van der Waals surface area contributed by atoms with Gasteiger partial charge in [0, 0.05) is 4.47 Å². The molecule has 0 atom stereocenters. The predicted molar refractivity (Wildman–Crippen MR) is 115 cm³/mol. The Bertz CT molecular complexity index is 1020. The van der Waals surface area contributed by atoms with Gasteiger partial charge in [0.1, 0.15) is 12.4 Å². The number of hydrogen-bond acceptors (Lipinski definition) is 5. The highest BCUT2D eigenvalue weighted by Crippen LogP contribution is 2.26. The molecule has 0 radical (unpaired) electrons. The molecular formula is C22H19BrN2O4. The lowest BCUT2D eigenvalue weighted by Gasteiger charge is -2.11. The van der Waals surface area contributed by atoms with Crippen LogP contribution in [0.25, 0.3) is 0 Å². The SMILES string of the molecule is COc1cc(/C=N\NC(=O)c2cc(Br)ccc2OCc2ccccc2)ccc1O. The summed E-state index contributed by atoms with van der Waals surface area (Å²) in [4.78, 5) is 12.6. The third-order valence-electron chi connectivity index (χ3n) is 4.01. The van der Waals surface area contributed by atoms with E-state index in [-0.39, 0.29) is 5.75 Å². The number of carbonyl (C=O) groups excluding carboxylic acids is 1. The van der Waals surface area contributed by atoms with Gasteiger partial charge in [-0.1, -0.05) is 46.3 Å². The summed E-state index contributed by atoms with van der Waals surface area (Å²) in [6, 6.07) is 19.7. The molecule has 0 unspecified atom stereocenters. The average Bonchev–Trinajstić information content (AvgIpc) is 2.74. The Morgan fingerprint density at radius 3 is 2.66 bits per heavy atom. The summed E-state index contributed by atoms with van der Waals surface area (Å²) in [5.74, 6) is 0.402. The van der Waals surface area contributed by atoms with Gasteiger partial charge in [-0.15, -0.1) is 0 Å². The van der Waals surface area contributed by atoms with Crippen LogP contribution in [0.15, 0.2) is 76.3 Å². The number of hydrogen-bond donors (Lipinski definition) is 2. The molecule has 1 amide bonds. The summed E-state index contributed by atoms with van der Waals surface area (Å²) in [6.45, 7) is 0.347. The van der Waals surface area contributed by atoms with Crippen LogP contribution in [0.1, 0.15) is 21.5 Å². The van der Waals surface area contributed by atoms with Crippen LogP contribution in [-0.2, 0) is 6.61 Å². The van der Waals surface area contributed by atoms with E-state index >= 15 is 0 Å². The molecule has 0 heterocycles. The Balaban J connectivity index is 1.70. The summed E-state index contributed by atoms with van der Waals surface area (Å²) in [5.41, 5.74) is 4.51. The largest absolute Gasteiger partial charge is 0.504 e. The minimum atomic E-state index is -0.406. The molecule has 7 heteroatoms. The first-order valence-corrected chi connectivity index (χ1v) is 9.53. The summed E-state index contributed by atoms with van der Waals surface area (Å²) in [6.07, 6.45) is 1.46. The zero-order valence-corrected chi connectivity index (χ0v) is 17.2. The third-order valence-corrected chi connectivity index (χ3v) is 4.50. The van der Waals surface area contributed by atoms with Crippen molar-refractivity contribution in [1.82, 2.24) is 5.43 Å². The van der Waals surface area contributed by atoms with Crippen LogP contribution < -0.4 is 14.9 Å². The number of hydrazone groups is 1. The van der Waals surface area contributed by atoms with E-state index in [1.54, 1.807) is 24.3 Å².